The van der Waals surface area contributed by atoms with Gasteiger partial charge in [0.15, 0.2) is 0 Å². The highest BCUT2D eigenvalue weighted by molar-refractivity contribution is 5.76. The minimum Gasteiger partial charge on any atom is -0.310 e. The first-order valence-corrected chi connectivity index (χ1v) is 6.70. The quantitative estimate of drug-likeness (QED) is 0.657. The summed E-state index contributed by atoms with van der Waals surface area (Å²) in [6.45, 7) is 2.20. The molecule has 0 saturated heterocycles. The van der Waals surface area contributed by atoms with Crippen molar-refractivity contribution in [2.24, 2.45) is 0 Å². The van der Waals surface area contributed by atoms with Gasteiger partial charge in [-0.1, -0.05) is 48.3 Å². The number of allylic oxidation sites excluding steroid dienone is 5. The number of carbonyl (C=O) groups excluding carboxylic acids is 1. The molecule has 1 aromatic rings. The maximum atomic E-state index is 12.0. The van der Waals surface area contributed by atoms with Gasteiger partial charge in [-0.3, -0.25) is 4.79 Å². The summed E-state index contributed by atoms with van der Waals surface area (Å²) in [4.78, 5) is 13.9. The molecule has 0 unspecified atom stereocenters. The normalized spacial score (nSPS) is 16.4. The van der Waals surface area contributed by atoms with Gasteiger partial charge >= 0.3 is 0 Å². The second kappa shape index (κ2) is 5.22. The molecular formula is C18H15NO. The van der Waals surface area contributed by atoms with Crippen LogP contribution in [-0.2, 0) is 11.3 Å². The van der Waals surface area contributed by atoms with E-state index < -0.39 is 0 Å². The Balaban J connectivity index is 2.18. The van der Waals surface area contributed by atoms with Crippen LogP contribution in [0.15, 0.2) is 59.8 Å². The van der Waals surface area contributed by atoms with Crippen molar-refractivity contribution in [3.63, 3.8) is 0 Å². The molecule has 1 aromatic carbocycles. The zero-order valence-electron chi connectivity index (χ0n) is 11.4. The number of carbonyl (C=O) groups is 1. The molecule has 0 N–H and O–H groups in total. The zero-order valence-corrected chi connectivity index (χ0v) is 11.4. The highest BCUT2D eigenvalue weighted by atomic mass is 16.2. The molecular weight excluding hydrogens is 246 g/mol. The fourth-order valence-electron chi connectivity index (χ4n) is 2.47. The molecule has 2 heteroatoms. The van der Waals surface area contributed by atoms with E-state index in [9.17, 15) is 4.79 Å². The fourth-order valence-corrected chi connectivity index (χ4v) is 2.47. The smallest absolute Gasteiger partial charge is 0.223 e. The molecule has 0 bridgehead atoms. The van der Waals surface area contributed by atoms with Gasteiger partial charge in [0.1, 0.15) is 0 Å². The number of nitrogens with zero attached hydrogens (tertiary/aromatic N) is 1. The molecule has 0 atom stereocenters. The Morgan fingerprint density at radius 2 is 2.05 bits per heavy atom. The van der Waals surface area contributed by atoms with Gasteiger partial charge in [0, 0.05) is 30.2 Å². The molecule has 0 radical (unpaired) electrons. The van der Waals surface area contributed by atoms with E-state index in [1.54, 1.807) is 6.92 Å². The number of rotatable bonds is 0. The number of amides is 1. The molecule has 1 amide bonds. The lowest BCUT2D eigenvalue weighted by molar-refractivity contribution is -0.127. The lowest BCUT2D eigenvalue weighted by Crippen LogP contribution is -2.29. The first kappa shape index (κ1) is 12.5. The Labute approximate surface area is 119 Å². The van der Waals surface area contributed by atoms with E-state index >= 15 is 0 Å². The molecule has 0 saturated carbocycles. The maximum absolute atomic E-state index is 12.0. The lowest BCUT2D eigenvalue weighted by atomic mass is 10.0. The SMILES string of the molecule is CC(=O)N1Cc2ccccc2C#CC2=C1CC=CC=C2. The number of benzene rings is 1. The molecule has 0 fully saturated rings. The summed E-state index contributed by atoms with van der Waals surface area (Å²) in [7, 11) is 0. The van der Waals surface area contributed by atoms with Crippen LogP contribution in [0.1, 0.15) is 24.5 Å². The first-order chi connectivity index (χ1) is 9.75. The van der Waals surface area contributed by atoms with Crippen LogP contribution in [0.3, 0.4) is 0 Å². The number of fused-ring (bicyclic) bond motifs is 1. The molecule has 1 aliphatic carbocycles. The maximum Gasteiger partial charge on any atom is 0.223 e. The molecule has 1 heterocycles. The van der Waals surface area contributed by atoms with Crippen LogP contribution in [0.25, 0.3) is 0 Å². The van der Waals surface area contributed by atoms with Crippen molar-refractivity contribution in [1.29, 1.82) is 0 Å². The third-order valence-electron chi connectivity index (χ3n) is 3.52. The van der Waals surface area contributed by atoms with Crippen molar-refractivity contribution in [2.45, 2.75) is 19.9 Å². The Morgan fingerprint density at radius 1 is 1.20 bits per heavy atom. The fraction of sp³-hybridized carbons (Fsp3) is 0.167. The third kappa shape index (κ3) is 2.31. The summed E-state index contributed by atoms with van der Waals surface area (Å²) in [6.07, 6.45) is 8.75. The number of hydrogen-bond acceptors (Lipinski definition) is 1. The third-order valence-corrected chi connectivity index (χ3v) is 3.52. The van der Waals surface area contributed by atoms with Crippen LogP contribution in [0, 0.1) is 11.8 Å². The van der Waals surface area contributed by atoms with Gasteiger partial charge in [-0.05, 0) is 17.7 Å². The second-order valence-electron chi connectivity index (χ2n) is 4.86. The van der Waals surface area contributed by atoms with Gasteiger partial charge < -0.3 is 4.90 Å². The van der Waals surface area contributed by atoms with E-state index in [-0.39, 0.29) is 5.91 Å². The number of hydrogen-bond donors (Lipinski definition) is 0. The van der Waals surface area contributed by atoms with Crippen molar-refractivity contribution in [1.82, 2.24) is 4.90 Å². The Hall–Kier alpha value is -2.53. The average molecular weight is 261 g/mol. The average Bonchev–Trinajstić information content (AvgIpc) is 2.65. The Bertz CT molecular complexity index is 710. The van der Waals surface area contributed by atoms with Gasteiger partial charge in [-0.2, -0.15) is 0 Å². The highest BCUT2D eigenvalue weighted by Gasteiger charge is 2.19. The highest BCUT2D eigenvalue weighted by Crippen LogP contribution is 2.24. The predicted octanol–water partition coefficient (Wildman–Crippen LogP) is 3.17. The summed E-state index contributed by atoms with van der Waals surface area (Å²) in [5.74, 6) is 6.50. The van der Waals surface area contributed by atoms with Gasteiger partial charge in [0.25, 0.3) is 0 Å². The monoisotopic (exact) mass is 261 g/mol. The molecule has 1 aliphatic heterocycles. The van der Waals surface area contributed by atoms with Crippen LogP contribution in [0.2, 0.25) is 0 Å². The summed E-state index contributed by atoms with van der Waals surface area (Å²) in [5, 5.41) is 0. The van der Waals surface area contributed by atoms with E-state index in [4.69, 9.17) is 0 Å². The van der Waals surface area contributed by atoms with Crippen molar-refractivity contribution in [3.8, 4) is 11.8 Å². The van der Waals surface area contributed by atoms with E-state index in [0.717, 1.165) is 28.8 Å². The molecule has 2 aliphatic rings. The van der Waals surface area contributed by atoms with Crippen LogP contribution in [0.5, 0.6) is 0 Å². The van der Waals surface area contributed by atoms with Crippen LogP contribution in [0.4, 0.5) is 0 Å². The van der Waals surface area contributed by atoms with Gasteiger partial charge in [0.05, 0.1) is 6.54 Å². The van der Waals surface area contributed by atoms with E-state index in [1.165, 1.54) is 0 Å². The Kier molecular flexibility index (Phi) is 3.26. The van der Waals surface area contributed by atoms with Crippen molar-refractivity contribution < 1.29 is 4.79 Å². The minimum absolute atomic E-state index is 0.0553. The van der Waals surface area contributed by atoms with Crippen LogP contribution in [-0.4, -0.2) is 10.8 Å². The summed E-state index contributed by atoms with van der Waals surface area (Å²) in [6, 6.07) is 8.01. The molecule has 20 heavy (non-hydrogen) atoms. The van der Waals surface area contributed by atoms with Crippen LogP contribution >= 0.6 is 0 Å². The minimum atomic E-state index is 0.0553. The van der Waals surface area contributed by atoms with E-state index in [2.05, 4.69) is 17.9 Å². The Morgan fingerprint density at radius 3 is 2.90 bits per heavy atom. The van der Waals surface area contributed by atoms with E-state index in [0.29, 0.717) is 6.54 Å². The molecule has 0 spiro atoms. The zero-order chi connectivity index (χ0) is 13.9. The van der Waals surface area contributed by atoms with Gasteiger partial charge in [-0.25, -0.2) is 0 Å². The van der Waals surface area contributed by atoms with Crippen molar-refractivity contribution >= 4 is 5.91 Å². The predicted molar refractivity (Wildman–Crippen MR) is 79.5 cm³/mol. The van der Waals surface area contributed by atoms with E-state index in [1.807, 2.05) is 47.4 Å². The standard InChI is InChI=1S/C18H15NO/c1-14(20)19-13-17-9-6-5-7-15(17)11-12-16-8-3-2-4-10-18(16)19/h2-9H,10,13H2,1H3. The largest absolute Gasteiger partial charge is 0.310 e. The van der Waals surface area contributed by atoms with Crippen LogP contribution < -0.4 is 0 Å². The topological polar surface area (TPSA) is 20.3 Å². The van der Waals surface area contributed by atoms with Crippen molar-refractivity contribution in [3.05, 3.63) is 71.0 Å². The van der Waals surface area contributed by atoms with Crippen molar-refractivity contribution in [2.75, 3.05) is 0 Å². The summed E-state index contributed by atoms with van der Waals surface area (Å²) in [5.41, 5.74) is 4.01. The van der Waals surface area contributed by atoms with Gasteiger partial charge in [-0.15, -0.1) is 0 Å². The lowest BCUT2D eigenvalue weighted by Gasteiger charge is -2.26. The summed E-state index contributed by atoms with van der Waals surface area (Å²) < 4.78 is 0. The molecule has 0 aromatic heterocycles. The summed E-state index contributed by atoms with van der Waals surface area (Å²) >= 11 is 0. The van der Waals surface area contributed by atoms with Gasteiger partial charge in [0.2, 0.25) is 5.91 Å². The second-order valence-corrected chi connectivity index (χ2v) is 4.86. The molecule has 2 nitrogen and oxygen atoms in total. The molecule has 3 rings (SSSR count). The first-order valence-electron chi connectivity index (χ1n) is 6.70. The molecule has 98 valence electrons.